The first-order valence-electron chi connectivity index (χ1n) is 8.67. The number of phenols is 2. The van der Waals surface area contributed by atoms with Crippen molar-refractivity contribution in [2.45, 2.75) is 5.60 Å². The van der Waals surface area contributed by atoms with Crippen molar-refractivity contribution >= 4 is 29.0 Å². The van der Waals surface area contributed by atoms with E-state index in [1.54, 1.807) is 30.3 Å². The van der Waals surface area contributed by atoms with E-state index in [0.717, 1.165) is 0 Å². The lowest BCUT2D eigenvalue weighted by molar-refractivity contribution is 0.0224. The largest absolute Gasteiger partial charge is 0.508 e. The third-order valence-corrected chi connectivity index (χ3v) is 5.14. The summed E-state index contributed by atoms with van der Waals surface area (Å²) >= 11 is 4.87. The van der Waals surface area contributed by atoms with Gasteiger partial charge in [-0.3, -0.25) is 0 Å². The number of fused-ring (bicyclic) bond motifs is 6. The predicted octanol–water partition coefficient (Wildman–Crippen LogP) is 3.32. The van der Waals surface area contributed by atoms with Crippen molar-refractivity contribution in [3.63, 3.8) is 0 Å². The minimum absolute atomic E-state index is 0.00283. The Balaban J connectivity index is 1.81. The van der Waals surface area contributed by atoms with Crippen molar-refractivity contribution in [1.82, 2.24) is 0 Å². The van der Waals surface area contributed by atoms with Crippen LogP contribution >= 0.6 is 12.2 Å². The Morgan fingerprint density at radius 3 is 2.10 bits per heavy atom. The van der Waals surface area contributed by atoms with Crippen molar-refractivity contribution in [2.24, 2.45) is 5.73 Å². The number of phenolic OH excluding ortho intramolecular Hbond substituents is 2. The number of hydrogen-bond donors (Lipinski definition) is 4. The van der Waals surface area contributed by atoms with E-state index in [1.807, 2.05) is 0 Å². The number of esters is 1. The minimum Gasteiger partial charge on any atom is -0.508 e. The molecule has 0 amide bonds. The molecule has 2 aliphatic rings. The van der Waals surface area contributed by atoms with Crippen LogP contribution in [0.25, 0.3) is 0 Å². The van der Waals surface area contributed by atoms with Crippen LogP contribution in [-0.4, -0.2) is 21.3 Å². The van der Waals surface area contributed by atoms with Gasteiger partial charge in [0.25, 0.3) is 0 Å². The summed E-state index contributed by atoms with van der Waals surface area (Å²) in [5, 5.41) is 22.7. The molecule has 0 aromatic heterocycles. The number of aromatic hydroxyl groups is 2. The number of nitrogens with two attached hydrogens (primary N) is 1. The van der Waals surface area contributed by atoms with Gasteiger partial charge < -0.3 is 30.7 Å². The zero-order valence-corrected chi connectivity index (χ0v) is 15.6. The van der Waals surface area contributed by atoms with Crippen LogP contribution in [0.1, 0.15) is 27.0 Å². The first-order chi connectivity index (χ1) is 13.9. The Bertz CT molecular complexity index is 1170. The van der Waals surface area contributed by atoms with Gasteiger partial charge in [-0.25, -0.2) is 4.79 Å². The number of carbonyl (C=O) groups is 1. The summed E-state index contributed by atoms with van der Waals surface area (Å²) in [4.78, 5) is 12.9. The monoisotopic (exact) mass is 406 g/mol. The maximum Gasteiger partial charge on any atom is 0.340 e. The molecule has 144 valence electrons. The van der Waals surface area contributed by atoms with E-state index in [-0.39, 0.29) is 16.6 Å². The average Bonchev–Trinajstić information content (AvgIpc) is 2.93. The molecule has 0 saturated carbocycles. The lowest BCUT2D eigenvalue weighted by atomic mass is 9.77. The van der Waals surface area contributed by atoms with E-state index in [4.69, 9.17) is 27.4 Å². The summed E-state index contributed by atoms with van der Waals surface area (Å²) in [5.41, 5.74) is 6.91. The fourth-order valence-corrected chi connectivity index (χ4v) is 4.04. The first kappa shape index (κ1) is 17.3. The fraction of sp³-hybridized carbons (Fsp3) is 0.0476. The molecule has 2 aliphatic heterocycles. The van der Waals surface area contributed by atoms with Crippen LogP contribution in [-0.2, 0) is 10.3 Å². The van der Waals surface area contributed by atoms with Crippen LogP contribution in [0.5, 0.6) is 23.0 Å². The maximum atomic E-state index is 12.9. The summed E-state index contributed by atoms with van der Waals surface area (Å²) in [6.45, 7) is 0. The number of ether oxygens (including phenoxy) is 2. The molecule has 1 spiro atoms. The van der Waals surface area contributed by atoms with Crippen molar-refractivity contribution in [2.75, 3.05) is 5.32 Å². The number of anilines is 1. The van der Waals surface area contributed by atoms with Crippen LogP contribution in [0.4, 0.5) is 5.69 Å². The van der Waals surface area contributed by atoms with Crippen molar-refractivity contribution in [1.29, 1.82) is 0 Å². The molecule has 8 heteroatoms. The molecular weight excluding hydrogens is 392 g/mol. The third kappa shape index (κ3) is 2.43. The van der Waals surface area contributed by atoms with Gasteiger partial charge in [0.1, 0.15) is 23.0 Å². The van der Waals surface area contributed by atoms with Gasteiger partial charge in [0.2, 0.25) is 0 Å². The highest BCUT2D eigenvalue weighted by Gasteiger charge is 2.53. The van der Waals surface area contributed by atoms with Crippen LogP contribution < -0.4 is 15.8 Å². The highest BCUT2D eigenvalue weighted by atomic mass is 32.1. The molecule has 0 atom stereocenters. The van der Waals surface area contributed by atoms with Gasteiger partial charge in [0.05, 0.1) is 5.56 Å². The zero-order valence-electron chi connectivity index (χ0n) is 14.8. The van der Waals surface area contributed by atoms with Crippen LogP contribution in [0.15, 0.2) is 54.6 Å². The second-order valence-corrected chi connectivity index (χ2v) is 7.22. The second kappa shape index (κ2) is 5.86. The molecule has 0 saturated heterocycles. The number of hydrogen-bond acceptors (Lipinski definition) is 6. The average molecular weight is 406 g/mol. The van der Waals surface area contributed by atoms with Gasteiger partial charge in [0.15, 0.2) is 10.7 Å². The number of thiocarbonyl (C=S) groups is 1. The Morgan fingerprint density at radius 2 is 1.52 bits per heavy atom. The lowest BCUT2D eigenvalue weighted by Gasteiger charge is -2.36. The van der Waals surface area contributed by atoms with E-state index in [9.17, 15) is 15.0 Å². The molecule has 0 fully saturated rings. The molecule has 5 rings (SSSR count). The maximum absolute atomic E-state index is 12.9. The lowest BCUT2D eigenvalue weighted by Crippen LogP contribution is -2.32. The Morgan fingerprint density at radius 1 is 0.931 bits per heavy atom. The minimum atomic E-state index is -1.28. The van der Waals surface area contributed by atoms with E-state index >= 15 is 0 Å². The van der Waals surface area contributed by atoms with E-state index in [0.29, 0.717) is 39.4 Å². The fourth-order valence-electron chi connectivity index (χ4n) is 3.93. The standard InChI is InChI=1S/C21H14N2O5S/c22-20(29)23-10-1-4-14-13(7-10)19(26)28-21(14)15-5-2-11(24)8-17(15)27-18-9-12(25)3-6-16(18)21/h1-9,24-25H,(H3,22,23,29). The van der Waals surface area contributed by atoms with Gasteiger partial charge in [-0.15, -0.1) is 0 Å². The van der Waals surface area contributed by atoms with Gasteiger partial charge in [-0.2, -0.15) is 0 Å². The van der Waals surface area contributed by atoms with Crippen molar-refractivity contribution < 1.29 is 24.5 Å². The Labute approximate surface area is 170 Å². The van der Waals surface area contributed by atoms with E-state index in [2.05, 4.69) is 5.32 Å². The molecule has 3 aromatic carbocycles. The summed E-state index contributed by atoms with van der Waals surface area (Å²) in [6.07, 6.45) is 0. The number of carbonyl (C=O) groups excluding carboxylic acids is 1. The van der Waals surface area contributed by atoms with Crippen molar-refractivity contribution in [3.05, 3.63) is 76.9 Å². The molecule has 0 bridgehead atoms. The molecule has 5 N–H and O–H groups in total. The quantitative estimate of drug-likeness (QED) is 0.360. The Hall–Kier alpha value is -3.78. The molecule has 3 aromatic rings. The normalized spacial score (nSPS) is 15.0. The summed E-state index contributed by atoms with van der Waals surface area (Å²) in [7, 11) is 0. The summed E-state index contributed by atoms with van der Waals surface area (Å²) in [5.74, 6) is 0.140. The van der Waals surface area contributed by atoms with E-state index in [1.165, 1.54) is 24.3 Å². The summed E-state index contributed by atoms with van der Waals surface area (Å²) in [6, 6.07) is 14.3. The van der Waals surface area contributed by atoms with Gasteiger partial charge >= 0.3 is 5.97 Å². The van der Waals surface area contributed by atoms with Gasteiger partial charge in [-0.1, -0.05) is 6.07 Å². The molecule has 0 unspecified atom stereocenters. The topological polar surface area (TPSA) is 114 Å². The number of rotatable bonds is 1. The molecule has 2 heterocycles. The van der Waals surface area contributed by atoms with E-state index < -0.39 is 11.6 Å². The van der Waals surface area contributed by atoms with Gasteiger partial charge in [-0.05, 0) is 48.6 Å². The van der Waals surface area contributed by atoms with Crippen LogP contribution in [0, 0.1) is 0 Å². The second-order valence-electron chi connectivity index (χ2n) is 6.78. The predicted molar refractivity (Wildman–Crippen MR) is 108 cm³/mol. The zero-order chi connectivity index (χ0) is 20.3. The SMILES string of the molecule is NC(=S)Nc1ccc2c(c1)C(=O)OC21c2ccc(O)cc2Oc2cc(O)ccc21. The van der Waals surface area contributed by atoms with Gasteiger partial charge in [0, 0.05) is 34.5 Å². The first-order valence-corrected chi connectivity index (χ1v) is 9.08. The molecular formula is C21H14N2O5S. The molecule has 29 heavy (non-hydrogen) atoms. The highest BCUT2D eigenvalue weighted by molar-refractivity contribution is 7.80. The smallest absolute Gasteiger partial charge is 0.340 e. The number of benzene rings is 3. The molecule has 0 radical (unpaired) electrons. The van der Waals surface area contributed by atoms with Crippen LogP contribution in [0.2, 0.25) is 0 Å². The highest BCUT2D eigenvalue weighted by Crippen LogP contribution is 2.57. The molecule has 7 nitrogen and oxygen atoms in total. The molecule has 0 aliphatic carbocycles. The summed E-state index contributed by atoms with van der Waals surface area (Å²) < 4.78 is 11.9. The number of nitrogens with one attached hydrogen (secondary N) is 1. The van der Waals surface area contributed by atoms with Crippen LogP contribution in [0.3, 0.4) is 0 Å². The third-order valence-electron chi connectivity index (χ3n) is 5.04. The van der Waals surface area contributed by atoms with Crippen molar-refractivity contribution in [3.8, 4) is 23.0 Å². The Kier molecular flexibility index (Phi) is 3.50.